The van der Waals surface area contributed by atoms with E-state index in [-0.39, 0.29) is 12.1 Å². The van der Waals surface area contributed by atoms with Gasteiger partial charge in [0.1, 0.15) is 12.4 Å². The van der Waals surface area contributed by atoms with Crippen LogP contribution in [0.3, 0.4) is 0 Å². The zero-order valence-electron chi connectivity index (χ0n) is 14.8. The highest BCUT2D eigenvalue weighted by molar-refractivity contribution is 5.90. The highest BCUT2D eigenvalue weighted by atomic mass is 16.5. The number of anilines is 1. The summed E-state index contributed by atoms with van der Waals surface area (Å²) in [7, 11) is 1.61. The first-order chi connectivity index (χ1) is 12.7. The molecule has 3 rings (SSSR count). The number of carbonyl (C=O) groups excluding carboxylic acids is 1. The molecule has 8 heteroatoms. The van der Waals surface area contributed by atoms with Crippen LogP contribution < -0.4 is 15.4 Å². The van der Waals surface area contributed by atoms with Gasteiger partial charge in [0.15, 0.2) is 0 Å². The summed E-state index contributed by atoms with van der Waals surface area (Å²) >= 11 is 0. The van der Waals surface area contributed by atoms with Gasteiger partial charge in [-0.3, -0.25) is 5.10 Å². The molecular formula is C18H24N4O4. The number of benzene rings is 1. The summed E-state index contributed by atoms with van der Waals surface area (Å²) in [5, 5.41) is 12.6. The number of nitrogens with one attached hydrogen (secondary N) is 3. The van der Waals surface area contributed by atoms with E-state index in [0.29, 0.717) is 31.2 Å². The molecule has 0 saturated carbocycles. The molecule has 1 aliphatic heterocycles. The van der Waals surface area contributed by atoms with Crippen LogP contribution in [0, 0.1) is 0 Å². The first-order valence-corrected chi connectivity index (χ1v) is 8.65. The maximum Gasteiger partial charge on any atom is 0.319 e. The maximum absolute atomic E-state index is 12.2. The van der Waals surface area contributed by atoms with Gasteiger partial charge in [0.05, 0.1) is 36.3 Å². The second-order valence-electron chi connectivity index (χ2n) is 6.07. The van der Waals surface area contributed by atoms with Gasteiger partial charge in [-0.25, -0.2) is 4.79 Å². The van der Waals surface area contributed by atoms with Gasteiger partial charge in [-0.1, -0.05) is 12.1 Å². The Morgan fingerprint density at radius 2 is 2.31 bits per heavy atom. The number of para-hydroxylation sites is 2. The van der Waals surface area contributed by atoms with Gasteiger partial charge in [0.25, 0.3) is 0 Å². The Morgan fingerprint density at radius 1 is 1.42 bits per heavy atom. The van der Waals surface area contributed by atoms with Crippen molar-refractivity contribution in [1.29, 1.82) is 0 Å². The Balaban J connectivity index is 1.49. The van der Waals surface area contributed by atoms with Crippen molar-refractivity contribution in [3.05, 3.63) is 41.7 Å². The third-order valence-electron chi connectivity index (χ3n) is 4.00. The smallest absolute Gasteiger partial charge is 0.319 e. The molecule has 26 heavy (non-hydrogen) atoms. The lowest BCUT2D eigenvalue weighted by Crippen LogP contribution is -2.28. The fourth-order valence-corrected chi connectivity index (χ4v) is 2.72. The van der Waals surface area contributed by atoms with E-state index < -0.39 is 0 Å². The summed E-state index contributed by atoms with van der Waals surface area (Å²) in [6, 6.07) is 8.88. The van der Waals surface area contributed by atoms with Crippen LogP contribution in [0.5, 0.6) is 5.75 Å². The minimum Gasteiger partial charge on any atom is -0.489 e. The van der Waals surface area contributed by atoms with Gasteiger partial charge in [0.2, 0.25) is 0 Å². The molecule has 2 amide bonds. The summed E-state index contributed by atoms with van der Waals surface area (Å²) in [4.78, 5) is 12.2. The Bertz CT molecular complexity index is 713. The molecule has 1 aromatic carbocycles. The van der Waals surface area contributed by atoms with E-state index in [1.807, 2.05) is 24.3 Å². The monoisotopic (exact) mass is 360 g/mol. The fourth-order valence-electron chi connectivity index (χ4n) is 2.72. The van der Waals surface area contributed by atoms with E-state index in [1.54, 1.807) is 13.2 Å². The lowest BCUT2D eigenvalue weighted by molar-refractivity contribution is 0.0682. The number of ether oxygens (including phenoxy) is 3. The normalized spacial score (nSPS) is 16.4. The molecule has 2 heterocycles. The first kappa shape index (κ1) is 18.2. The van der Waals surface area contributed by atoms with Crippen molar-refractivity contribution >= 4 is 11.7 Å². The van der Waals surface area contributed by atoms with Crippen LogP contribution in [-0.2, 0) is 22.6 Å². The molecule has 0 spiro atoms. The molecule has 140 valence electrons. The van der Waals surface area contributed by atoms with Crippen LogP contribution in [0.25, 0.3) is 0 Å². The molecule has 8 nitrogen and oxygen atoms in total. The van der Waals surface area contributed by atoms with Gasteiger partial charge in [0, 0.05) is 13.7 Å². The SMILES string of the molecule is COCc1cc(CNC(=O)Nc2ccccc2OC[C@H]2CCCO2)[nH]n1. The second-order valence-corrected chi connectivity index (χ2v) is 6.07. The van der Waals surface area contributed by atoms with E-state index in [9.17, 15) is 4.79 Å². The number of rotatable bonds is 8. The van der Waals surface area contributed by atoms with E-state index in [2.05, 4.69) is 20.8 Å². The molecule has 1 aromatic heterocycles. The molecule has 1 saturated heterocycles. The Kier molecular flexibility index (Phi) is 6.45. The Morgan fingerprint density at radius 3 is 3.12 bits per heavy atom. The Hall–Kier alpha value is -2.58. The van der Waals surface area contributed by atoms with Crippen molar-refractivity contribution in [3.8, 4) is 5.75 Å². The molecule has 0 radical (unpaired) electrons. The number of H-pyrrole nitrogens is 1. The number of amides is 2. The summed E-state index contributed by atoms with van der Waals surface area (Å²) < 4.78 is 16.4. The van der Waals surface area contributed by atoms with Crippen LogP contribution in [0.2, 0.25) is 0 Å². The van der Waals surface area contributed by atoms with Crippen LogP contribution >= 0.6 is 0 Å². The highest BCUT2D eigenvalue weighted by Gasteiger charge is 2.17. The van der Waals surface area contributed by atoms with Gasteiger partial charge in [-0.15, -0.1) is 0 Å². The van der Waals surface area contributed by atoms with E-state index in [4.69, 9.17) is 14.2 Å². The van der Waals surface area contributed by atoms with Crippen LogP contribution in [0.1, 0.15) is 24.2 Å². The molecule has 0 bridgehead atoms. The Labute approximate surface area is 152 Å². The van der Waals surface area contributed by atoms with Gasteiger partial charge >= 0.3 is 6.03 Å². The summed E-state index contributed by atoms with van der Waals surface area (Å²) in [5.74, 6) is 0.627. The average Bonchev–Trinajstić information content (AvgIpc) is 3.31. The standard InChI is InChI=1S/C18H24N4O4/c1-24-11-14-9-13(21-22-14)10-19-18(23)20-16-6-2-3-7-17(16)26-12-15-5-4-8-25-15/h2-3,6-7,9,15H,4-5,8,10-12H2,1H3,(H,21,22)(H2,19,20,23)/t15-/m1/s1. The van der Waals surface area contributed by atoms with E-state index in [1.165, 1.54) is 0 Å². The number of urea groups is 1. The van der Waals surface area contributed by atoms with Crippen molar-refractivity contribution < 1.29 is 19.0 Å². The number of aromatic amines is 1. The predicted octanol–water partition coefficient (Wildman–Crippen LogP) is 2.44. The number of nitrogens with zero attached hydrogens (tertiary/aromatic N) is 1. The molecule has 3 N–H and O–H groups in total. The third-order valence-corrected chi connectivity index (χ3v) is 4.00. The van der Waals surface area contributed by atoms with E-state index in [0.717, 1.165) is 30.8 Å². The van der Waals surface area contributed by atoms with Crippen LogP contribution in [-0.4, -0.2) is 42.7 Å². The number of hydrogen-bond donors (Lipinski definition) is 3. The summed E-state index contributed by atoms with van der Waals surface area (Å²) in [6.45, 7) is 2.03. The van der Waals surface area contributed by atoms with Crippen molar-refractivity contribution in [3.63, 3.8) is 0 Å². The zero-order chi connectivity index (χ0) is 18.2. The zero-order valence-corrected chi connectivity index (χ0v) is 14.8. The van der Waals surface area contributed by atoms with Crippen LogP contribution in [0.4, 0.5) is 10.5 Å². The van der Waals surface area contributed by atoms with E-state index >= 15 is 0 Å². The maximum atomic E-state index is 12.2. The lowest BCUT2D eigenvalue weighted by atomic mass is 10.2. The predicted molar refractivity (Wildman–Crippen MR) is 96.1 cm³/mol. The molecule has 1 atom stereocenters. The largest absolute Gasteiger partial charge is 0.489 e. The highest BCUT2D eigenvalue weighted by Crippen LogP contribution is 2.25. The summed E-state index contributed by atoms with van der Waals surface area (Å²) in [5.41, 5.74) is 2.21. The number of carbonyl (C=O) groups is 1. The van der Waals surface area contributed by atoms with Crippen molar-refractivity contribution in [1.82, 2.24) is 15.5 Å². The average molecular weight is 360 g/mol. The fraction of sp³-hybridized carbons (Fsp3) is 0.444. The van der Waals surface area contributed by atoms with Gasteiger partial charge < -0.3 is 24.8 Å². The quantitative estimate of drug-likeness (QED) is 0.672. The topological polar surface area (TPSA) is 97.5 Å². The minimum absolute atomic E-state index is 0.124. The van der Waals surface area contributed by atoms with Gasteiger partial charge in [-0.2, -0.15) is 5.10 Å². The minimum atomic E-state index is -0.318. The van der Waals surface area contributed by atoms with Crippen molar-refractivity contribution in [2.24, 2.45) is 0 Å². The number of methoxy groups -OCH3 is 1. The number of hydrogen-bond acceptors (Lipinski definition) is 5. The second kappa shape index (κ2) is 9.21. The molecule has 0 unspecified atom stereocenters. The third kappa shape index (κ3) is 5.21. The van der Waals surface area contributed by atoms with Crippen molar-refractivity contribution in [2.45, 2.75) is 32.1 Å². The molecular weight excluding hydrogens is 336 g/mol. The first-order valence-electron chi connectivity index (χ1n) is 8.65. The van der Waals surface area contributed by atoms with Crippen molar-refractivity contribution in [2.75, 3.05) is 25.6 Å². The number of aromatic nitrogens is 2. The molecule has 0 aliphatic carbocycles. The summed E-state index contributed by atoms with van der Waals surface area (Å²) in [6.07, 6.45) is 2.19. The molecule has 1 aliphatic rings. The molecule has 1 fully saturated rings. The lowest BCUT2D eigenvalue weighted by Gasteiger charge is -2.15. The van der Waals surface area contributed by atoms with Crippen LogP contribution in [0.15, 0.2) is 30.3 Å². The van der Waals surface area contributed by atoms with Gasteiger partial charge in [-0.05, 0) is 31.0 Å². The molecule has 2 aromatic rings.